The first-order valence-electron chi connectivity index (χ1n) is 5.94. The Labute approximate surface area is 131 Å². The second-order valence-corrected chi connectivity index (χ2v) is 5.63. The van der Waals surface area contributed by atoms with E-state index >= 15 is 0 Å². The number of aromatic nitrogens is 2. The summed E-state index contributed by atoms with van der Waals surface area (Å²) < 4.78 is 0. The maximum absolute atomic E-state index is 6.23. The van der Waals surface area contributed by atoms with Crippen molar-refractivity contribution in [3.8, 4) is 11.4 Å². The Hall–Kier alpha value is -1.35. The van der Waals surface area contributed by atoms with Crippen LogP contribution in [0.4, 0.5) is 0 Å². The summed E-state index contributed by atoms with van der Waals surface area (Å²) in [6, 6.07) is 11.3. The molecule has 3 aromatic rings. The molecular formula is C15H9Cl3N2. The standard InChI is InChI=1S/C15H9Cl3N2/c1-8-2-4-9(5-3-8)15-19-13-11(17)7-6-10(16)12(13)14(18)20-15/h2-7H,1H3. The summed E-state index contributed by atoms with van der Waals surface area (Å²) in [5.41, 5.74) is 2.62. The highest BCUT2D eigenvalue weighted by Gasteiger charge is 2.13. The van der Waals surface area contributed by atoms with E-state index in [-0.39, 0.29) is 0 Å². The van der Waals surface area contributed by atoms with Crippen molar-refractivity contribution in [3.63, 3.8) is 0 Å². The fourth-order valence-electron chi connectivity index (χ4n) is 1.96. The van der Waals surface area contributed by atoms with Crippen molar-refractivity contribution >= 4 is 45.7 Å². The summed E-state index contributed by atoms with van der Waals surface area (Å²) in [5, 5.41) is 1.88. The maximum atomic E-state index is 6.23. The van der Waals surface area contributed by atoms with E-state index in [1.165, 1.54) is 5.56 Å². The molecule has 100 valence electrons. The molecule has 0 atom stereocenters. The molecule has 2 nitrogen and oxygen atoms in total. The van der Waals surface area contributed by atoms with Gasteiger partial charge in [0.1, 0.15) is 5.15 Å². The topological polar surface area (TPSA) is 25.8 Å². The molecule has 0 radical (unpaired) electrons. The summed E-state index contributed by atoms with van der Waals surface area (Å²) >= 11 is 18.5. The summed E-state index contributed by atoms with van der Waals surface area (Å²) in [7, 11) is 0. The molecule has 0 N–H and O–H groups in total. The van der Waals surface area contributed by atoms with E-state index < -0.39 is 0 Å². The highest BCUT2D eigenvalue weighted by molar-refractivity contribution is 6.44. The highest BCUT2D eigenvalue weighted by Crippen LogP contribution is 2.34. The quantitative estimate of drug-likeness (QED) is 0.547. The summed E-state index contributed by atoms with van der Waals surface area (Å²) in [5.74, 6) is 0.534. The van der Waals surface area contributed by atoms with Crippen molar-refractivity contribution in [2.75, 3.05) is 0 Å². The number of hydrogen-bond acceptors (Lipinski definition) is 2. The van der Waals surface area contributed by atoms with Crippen molar-refractivity contribution in [2.24, 2.45) is 0 Å². The predicted molar refractivity (Wildman–Crippen MR) is 84.7 cm³/mol. The van der Waals surface area contributed by atoms with E-state index in [0.29, 0.717) is 31.9 Å². The normalized spacial score (nSPS) is 11.0. The van der Waals surface area contributed by atoms with Crippen LogP contribution in [0.15, 0.2) is 36.4 Å². The maximum Gasteiger partial charge on any atom is 0.161 e. The lowest BCUT2D eigenvalue weighted by molar-refractivity contribution is 1.22. The van der Waals surface area contributed by atoms with Crippen LogP contribution in [-0.4, -0.2) is 9.97 Å². The Bertz CT molecular complexity index is 798. The Morgan fingerprint density at radius 1 is 0.800 bits per heavy atom. The Balaban J connectivity index is 2.29. The van der Waals surface area contributed by atoms with Crippen LogP contribution in [0, 0.1) is 6.92 Å². The second-order valence-electron chi connectivity index (χ2n) is 4.46. The van der Waals surface area contributed by atoms with E-state index in [1.54, 1.807) is 12.1 Å². The van der Waals surface area contributed by atoms with E-state index in [1.807, 2.05) is 31.2 Å². The molecule has 3 rings (SSSR count). The van der Waals surface area contributed by atoms with Gasteiger partial charge in [-0.2, -0.15) is 0 Å². The molecule has 20 heavy (non-hydrogen) atoms. The van der Waals surface area contributed by atoms with Gasteiger partial charge in [0.2, 0.25) is 0 Å². The molecule has 1 aromatic heterocycles. The molecule has 0 fully saturated rings. The van der Waals surface area contributed by atoms with Crippen LogP contribution in [0.5, 0.6) is 0 Å². The largest absolute Gasteiger partial charge is 0.226 e. The van der Waals surface area contributed by atoms with Crippen LogP contribution in [0.25, 0.3) is 22.3 Å². The molecule has 0 bridgehead atoms. The number of nitrogens with zero attached hydrogens (tertiary/aromatic N) is 2. The molecule has 1 heterocycles. The van der Waals surface area contributed by atoms with Gasteiger partial charge in [0.25, 0.3) is 0 Å². The van der Waals surface area contributed by atoms with Crippen molar-refractivity contribution in [1.29, 1.82) is 0 Å². The van der Waals surface area contributed by atoms with Gasteiger partial charge in [0.15, 0.2) is 5.82 Å². The molecular weight excluding hydrogens is 315 g/mol. The van der Waals surface area contributed by atoms with Gasteiger partial charge in [0, 0.05) is 5.56 Å². The minimum Gasteiger partial charge on any atom is -0.226 e. The molecule has 0 spiro atoms. The SMILES string of the molecule is Cc1ccc(-c2nc(Cl)c3c(Cl)ccc(Cl)c3n2)cc1. The molecule has 0 saturated heterocycles. The zero-order chi connectivity index (χ0) is 14.3. The van der Waals surface area contributed by atoms with E-state index in [9.17, 15) is 0 Å². The molecule has 0 amide bonds. The van der Waals surface area contributed by atoms with Crippen LogP contribution >= 0.6 is 34.8 Å². The fourth-order valence-corrected chi connectivity index (χ4v) is 2.72. The average molecular weight is 324 g/mol. The summed E-state index contributed by atoms with van der Waals surface area (Å²) in [4.78, 5) is 8.80. The van der Waals surface area contributed by atoms with Gasteiger partial charge in [-0.15, -0.1) is 0 Å². The molecule has 0 aliphatic carbocycles. The van der Waals surface area contributed by atoms with Crippen LogP contribution in [-0.2, 0) is 0 Å². The molecule has 0 unspecified atom stereocenters. The molecule has 0 aliphatic heterocycles. The number of fused-ring (bicyclic) bond motifs is 1. The predicted octanol–water partition coefficient (Wildman–Crippen LogP) is 5.57. The Kier molecular flexibility index (Phi) is 3.55. The average Bonchev–Trinajstić information content (AvgIpc) is 2.43. The molecule has 5 heteroatoms. The van der Waals surface area contributed by atoms with Crippen molar-refractivity contribution < 1.29 is 0 Å². The van der Waals surface area contributed by atoms with Crippen LogP contribution in [0.1, 0.15) is 5.56 Å². The number of hydrogen-bond donors (Lipinski definition) is 0. The van der Waals surface area contributed by atoms with Crippen molar-refractivity contribution in [1.82, 2.24) is 9.97 Å². The zero-order valence-electron chi connectivity index (χ0n) is 10.5. The first-order valence-corrected chi connectivity index (χ1v) is 7.08. The minimum atomic E-state index is 0.304. The number of rotatable bonds is 1. The van der Waals surface area contributed by atoms with Gasteiger partial charge in [-0.05, 0) is 19.1 Å². The third kappa shape index (κ3) is 2.35. The van der Waals surface area contributed by atoms with Crippen LogP contribution < -0.4 is 0 Å². The summed E-state index contributed by atoms with van der Waals surface area (Å²) in [6.07, 6.45) is 0. The van der Waals surface area contributed by atoms with Gasteiger partial charge in [0.05, 0.1) is 20.9 Å². The third-order valence-electron chi connectivity index (χ3n) is 3.02. The fraction of sp³-hybridized carbons (Fsp3) is 0.0667. The monoisotopic (exact) mass is 322 g/mol. The lowest BCUT2D eigenvalue weighted by atomic mass is 10.1. The van der Waals surface area contributed by atoms with Gasteiger partial charge in [-0.1, -0.05) is 64.6 Å². The Morgan fingerprint density at radius 2 is 1.45 bits per heavy atom. The molecule has 0 aliphatic rings. The lowest BCUT2D eigenvalue weighted by Crippen LogP contribution is -1.93. The smallest absolute Gasteiger partial charge is 0.161 e. The van der Waals surface area contributed by atoms with Crippen molar-refractivity contribution in [3.05, 3.63) is 57.2 Å². The Morgan fingerprint density at radius 3 is 2.15 bits per heavy atom. The van der Waals surface area contributed by atoms with Crippen molar-refractivity contribution in [2.45, 2.75) is 6.92 Å². The first kappa shape index (κ1) is 13.6. The number of aryl methyl sites for hydroxylation is 1. The second kappa shape index (κ2) is 5.21. The van der Waals surface area contributed by atoms with Gasteiger partial charge >= 0.3 is 0 Å². The zero-order valence-corrected chi connectivity index (χ0v) is 12.8. The van der Waals surface area contributed by atoms with E-state index in [2.05, 4.69) is 9.97 Å². The third-order valence-corrected chi connectivity index (χ3v) is 3.91. The number of halogens is 3. The van der Waals surface area contributed by atoms with Crippen LogP contribution in [0.2, 0.25) is 15.2 Å². The van der Waals surface area contributed by atoms with E-state index in [4.69, 9.17) is 34.8 Å². The van der Waals surface area contributed by atoms with Gasteiger partial charge in [-0.25, -0.2) is 9.97 Å². The summed E-state index contributed by atoms with van der Waals surface area (Å²) in [6.45, 7) is 2.02. The van der Waals surface area contributed by atoms with Gasteiger partial charge < -0.3 is 0 Å². The van der Waals surface area contributed by atoms with Crippen LogP contribution in [0.3, 0.4) is 0 Å². The number of benzene rings is 2. The lowest BCUT2D eigenvalue weighted by Gasteiger charge is -2.07. The first-order chi connectivity index (χ1) is 9.56. The molecule has 0 saturated carbocycles. The molecule has 2 aromatic carbocycles. The minimum absolute atomic E-state index is 0.304. The van der Waals surface area contributed by atoms with Gasteiger partial charge in [-0.3, -0.25) is 0 Å². The van der Waals surface area contributed by atoms with E-state index in [0.717, 1.165) is 5.56 Å². The highest BCUT2D eigenvalue weighted by atomic mass is 35.5.